The summed E-state index contributed by atoms with van der Waals surface area (Å²) >= 11 is 0.0696. The highest BCUT2D eigenvalue weighted by Crippen LogP contribution is 2.30. The van der Waals surface area contributed by atoms with Crippen LogP contribution in [0.4, 0.5) is 13.2 Å². The molecule has 0 rings (SSSR count). The summed E-state index contributed by atoms with van der Waals surface area (Å²) in [6.45, 7) is 3.84. The van der Waals surface area contributed by atoms with Crippen LogP contribution in [0.15, 0.2) is 0 Å². The van der Waals surface area contributed by atoms with Crippen molar-refractivity contribution in [1.82, 2.24) is 5.32 Å². The minimum atomic E-state index is -4.06. The van der Waals surface area contributed by atoms with Crippen LogP contribution >= 0.6 is 11.8 Å². The number of alkyl halides is 3. The van der Waals surface area contributed by atoms with Crippen molar-refractivity contribution in [1.29, 1.82) is 0 Å². The maximum Gasteiger partial charge on any atom is 0.441 e. The van der Waals surface area contributed by atoms with Gasteiger partial charge in [0.05, 0.1) is 0 Å². The first-order valence-electron chi connectivity index (χ1n) is 4.47. The second-order valence-corrected chi connectivity index (χ2v) is 3.91. The topological polar surface area (TPSA) is 12.0 Å². The Kier molecular flexibility index (Phi) is 7.56. The fraction of sp³-hybridized carbons (Fsp3) is 1.00. The first-order chi connectivity index (χ1) is 6.06. The molecule has 0 fully saturated rings. The summed E-state index contributed by atoms with van der Waals surface area (Å²) in [6.07, 6.45) is 2.52. The van der Waals surface area contributed by atoms with Crippen LogP contribution < -0.4 is 5.32 Å². The van der Waals surface area contributed by atoms with E-state index in [-0.39, 0.29) is 17.5 Å². The Morgan fingerprint density at radius 3 is 2.38 bits per heavy atom. The third kappa shape index (κ3) is 12.1. The Balaban J connectivity index is 3.00. The van der Waals surface area contributed by atoms with Crippen molar-refractivity contribution in [3.05, 3.63) is 0 Å². The van der Waals surface area contributed by atoms with Crippen LogP contribution in [0.25, 0.3) is 0 Å². The number of thioether (sulfide) groups is 1. The predicted octanol–water partition coefficient (Wildman–Crippen LogP) is 3.02. The van der Waals surface area contributed by atoms with Gasteiger partial charge in [-0.25, -0.2) is 0 Å². The van der Waals surface area contributed by atoms with E-state index in [0.29, 0.717) is 6.42 Å². The first-order valence-corrected chi connectivity index (χ1v) is 5.46. The monoisotopic (exact) mass is 215 g/mol. The molecule has 0 aliphatic heterocycles. The number of nitrogens with one attached hydrogen (secondary N) is 1. The number of hydrogen-bond acceptors (Lipinski definition) is 2. The van der Waals surface area contributed by atoms with Crippen molar-refractivity contribution >= 4 is 11.8 Å². The van der Waals surface area contributed by atoms with Crippen LogP contribution in [0.3, 0.4) is 0 Å². The molecule has 0 aromatic carbocycles. The highest BCUT2D eigenvalue weighted by atomic mass is 32.2. The van der Waals surface area contributed by atoms with E-state index in [4.69, 9.17) is 0 Å². The number of hydrogen-bond donors (Lipinski definition) is 1. The summed E-state index contributed by atoms with van der Waals surface area (Å²) in [4.78, 5) is 0. The lowest BCUT2D eigenvalue weighted by Crippen LogP contribution is -2.16. The largest absolute Gasteiger partial charge is 0.441 e. The van der Waals surface area contributed by atoms with E-state index in [0.717, 1.165) is 25.9 Å². The summed E-state index contributed by atoms with van der Waals surface area (Å²) in [5.74, 6) is 0.178. The van der Waals surface area contributed by atoms with Crippen LogP contribution in [0.5, 0.6) is 0 Å². The average Bonchev–Trinajstić information content (AvgIpc) is 2.01. The molecule has 5 heteroatoms. The van der Waals surface area contributed by atoms with Crippen molar-refractivity contribution in [2.24, 2.45) is 0 Å². The van der Waals surface area contributed by atoms with Crippen molar-refractivity contribution < 1.29 is 13.2 Å². The smallest absolute Gasteiger partial charge is 0.317 e. The summed E-state index contributed by atoms with van der Waals surface area (Å²) < 4.78 is 34.9. The molecule has 0 aliphatic rings. The fourth-order valence-electron chi connectivity index (χ4n) is 0.842. The first kappa shape index (κ1) is 13.1. The lowest BCUT2D eigenvalue weighted by atomic mass is 10.3. The van der Waals surface area contributed by atoms with Crippen molar-refractivity contribution in [2.45, 2.75) is 31.7 Å². The molecule has 1 nitrogen and oxygen atoms in total. The van der Waals surface area contributed by atoms with E-state index in [1.807, 2.05) is 0 Å². The highest BCUT2D eigenvalue weighted by Gasteiger charge is 2.27. The minimum Gasteiger partial charge on any atom is -0.317 e. The zero-order valence-corrected chi connectivity index (χ0v) is 8.60. The van der Waals surface area contributed by atoms with E-state index in [2.05, 4.69) is 12.2 Å². The van der Waals surface area contributed by atoms with Crippen molar-refractivity contribution in [3.63, 3.8) is 0 Å². The van der Waals surface area contributed by atoms with Gasteiger partial charge in [0.15, 0.2) is 0 Å². The van der Waals surface area contributed by atoms with E-state index >= 15 is 0 Å². The van der Waals surface area contributed by atoms with Gasteiger partial charge in [0.25, 0.3) is 0 Å². The molecule has 0 unspecified atom stereocenters. The Hall–Kier alpha value is 0.100. The third-order valence-electron chi connectivity index (χ3n) is 1.44. The van der Waals surface area contributed by atoms with E-state index in [1.54, 1.807) is 0 Å². The summed E-state index contributed by atoms with van der Waals surface area (Å²) in [5.41, 5.74) is -4.06. The molecule has 0 radical (unpaired) electrons. The SMILES string of the molecule is CCCNCCCCSC(F)(F)F. The Labute approximate surface area is 81.5 Å². The zero-order valence-electron chi connectivity index (χ0n) is 7.78. The molecule has 1 N–H and O–H groups in total. The van der Waals surface area contributed by atoms with Gasteiger partial charge in [-0.1, -0.05) is 18.7 Å². The molecular formula is C8H16F3NS. The van der Waals surface area contributed by atoms with Gasteiger partial charge in [0.2, 0.25) is 0 Å². The average molecular weight is 215 g/mol. The molecular weight excluding hydrogens is 199 g/mol. The van der Waals surface area contributed by atoms with Gasteiger partial charge in [-0.2, -0.15) is 13.2 Å². The van der Waals surface area contributed by atoms with Crippen LogP contribution in [0.2, 0.25) is 0 Å². The third-order valence-corrected chi connectivity index (χ3v) is 2.26. The van der Waals surface area contributed by atoms with Gasteiger partial charge in [-0.15, -0.1) is 0 Å². The normalized spacial score (nSPS) is 12.0. The van der Waals surface area contributed by atoms with Gasteiger partial charge in [0.1, 0.15) is 0 Å². The van der Waals surface area contributed by atoms with Crippen molar-refractivity contribution in [2.75, 3.05) is 18.8 Å². The number of halogens is 3. The molecule has 80 valence electrons. The van der Waals surface area contributed by atoms with Crippen LogP contribution in [-0.4, -0.2) is 24.4 Å². The molecule has 0 heterocycles. The summed E-state index contributed by atoms with van der Waals surface area (Å²) in [5, 5.41) is 3.14. The van der Waals surface area contributed by atoms with Crippen LogP contribution in [0.1, 0.15) is 26.2 Å². The van der Waals surface area contributed by atoms with Gasteiger partial charge in [-0.05, 0) is 32.4 Å². The standard InChI is InChI=1S/C8H16F3NS/c1-2-5-12-6-3-4-7-13-8(9,10)11/h12H,2-7H2,1H3. The summed E-state index contributed by atoms with van der Waals surface area (Å²) in [6, 6.07) is 0. The second-order valence-electron chi connectivity index (χ2n) is 2.75. The van der Waals surface area contributed by atoms with E-state index in [1.165, 1.54) is 0 Å². The second kappa shape index (κ2) is 7.50. The molecule has 0 amide bonds. The summed E-state index contributed by atoms with van der Waals surface area (Å²) in [7, 11) is 0. The Bertz CT molecular complexity index is 116. The molecule has 0 atom stereocenters. The zero-order chi connectivity index (χ0) is 10.2. The Morgan fingerprint density at radius 2 is 1.85 bits per heavy atom. The number of unbranched alkanes of at least 4 members (excludes halogenated alkanes) is 1. The van der Waals surface area contributed by atoms with E-state index < -0.39 is 5.51 Å². The van der Waals surface area contributed by atoms with Crippen molar-refractivity contribution in [3.8, 4) is 0 Å². The molecule has 0 spiro atoms. The van der Waals surface area contributed by atoms with Gasteiger partial charge in [0, 0.05) is 5.75 Å². The highest BCUT2D eigenvalue weighted by molar-refractivity contribution is 8.00. The molecule has 0 aromatic rings. The maximum absolute atomic E-state index is 11.6. The minimum absolute atomic E-state index is 0.0696. The maximum atomic E-state index is 11.6. The lowest BCUT2D eigenvalue weighted by molar-refractivity contribution is -0.0328. The Morgan fingerprint density at radius 1 is 1.15 bits per heavy atom. The molecule has 0 saturated heterocycles. The van der Waals surface area contributed by atoms with Crippen LogP contribution in [0, 0.1) is 0 Å². The van der Waals surface area contributed by atoms with Crippen LogP contribution in [-0.2, 0) is 0 Å². The molecule has 13 heavy (non-hydrogen) atoms. The lowest BCUT2D eigenvalue weighted by Gasteiger charge is -2.05. The predicted molar refractivity (Wildman–Crippen MR) is 50.9 cm³/mol. The fourth-order valence-corrected chi connectivity index (χ4v) is 1.42. The van der Waals surface area contributed by atoms with Gasteiger partial charge < -0.3 is 5.32 Å². The number of rotatable bonds is 7. The molecule has 0 aromatic heterocycles. The molecule has 0 saturated carbocycles. The molecule has 0 aliphatic carbocycles. The van der Waals surface area contributed by atoms with Gasteiger partial charge in [-0.3, -0.25) is 0 Å². The van der Waals surface area contributed by atoms with E-state index in [9.17, 15) is 13.2 Å². The molecule has 0 bridgehead atoms. The van der Waals surface area contributed by atoms with Gasteiger partial charge >= 0.3 is 5.51 Å². The quantitative estimate of drug-likeness (QED) is 0.655.